The van der Waals surface area contributed by atoms with Gasteiger partial charge < -0.3 is 5.73 Å². The van der Waals surface area contributed by atoms with Crippen LogP contribution in [0.5, 0.6) is 0 Å². The van der Waals surface area contributed by atoms with Gasteiger partial charge in [0, 0.05) is 13.1 Å². The van der Waals surface area contributed by atoms with Crippen molar-refractivity contribution in [2.75, 3.05) is 19.6 Å². The molecule has 0 radical (unpaired) electrons. The third-order valence-electron chi connectivity index (χ3n) is 3.13. The van der Waals surface area contributed by atoms with Crippen LogP contribution in [0.15, 0.2) is 18.2 Å². The molecule has 0 bridgehead atoms. The molecule has 0 aliphatic heterocycles. The van der Waals surface area contributed by atoms with Crippen molar-refractivity contribution in [3.05, 3.63) is 34.6 Å². The fourth-order valence-corrected chi connectivity index (χ4v) is 2.30. The van der Waals surface area contributed by atoms with Crippen molar-refractivity contribution < 1.29 is 4.39 Å². The summed E-state index contributed by atoms with van der Waals surface area (Å²) in [7, 11) is 0. The van der Waals surface area contributed by atoms with Crippen molar-refractivity contribution in [1.29, 1.82) is 0 Å². The second-order valence-electron chi connectivity index (χ2n) is 5.83. The van der Waals surface area contributed by atoms with Gasteiger partial charge in [0.1, 0.15) is 5.82 Å². The van der Waals surface area contributed by atoms with Gasteiger partial charge in [0.25, 0.3) is 0 Å². The molecule has 108 valence electrons. The Morgan fingerprint density at radius 2 is 2.05 bits per heavy atom. The lowest BCUT2D eigenvalue weighted by Gasteiger charge is -2.31. The van der Waals surface area contributed by atoms with E-state index >= 15 is 0 Å². The first kappa shape index (κ1) is 16.4. The van der Waals surface area contributed by atoms with Gasteiger partial charge in [-0.05, 0) is 42.6 Å². The van der Waals surface area contributed by atoms with E-state index in [2.05, 4.69) is 25.7 Å². The van der Waals surface area contributed by atoms with Gasteiger partial charge in [-0.1, -0.05) is 38.4 Å². The fourth-order valence-electron chi connectivity index (χ4n) is 2.10. The Balaban J connectivity index is 2.74. The molecule has 2 nitrogen and oxygen atoms in total. The summed E-state index contributed by atoms with van der Waals surface area (Å²) in [4.78, 5) is 2.34. The molecule has 0 heterocycles. The van der Waals surface area contributed by atoms with Gasteiger partial charge in [0.15, 0.2) is 0 Å². The van der Waals surface area contributed by atoms with Crippen molar-refractivity contribution >= 4 is 11.6 Å². The summed E-state index contributed by atoms with van der Waals surface area (Å²) in [6.45, 7) is 9.82. The van der Waals surface area contributed by atoms with Gasteiger partial charge in [-0.15, -0.1) is 0 Å². The largest absolute Gasteiger partial charge is 0.330 e. The zero-order chi connectivity index (χ0) is 14.5. The van der Waals surface area contributed by atoms with E-state index in [9.17, 15) is 4.39 Å². The van der Waals surface area contributed by atoms with Crippen LogP contribution in [0.1, 0.15) is 32.8 Å². The maximum Gasteiger partial charge on any atom is 0.141 e. The second-order valence-corrected chi connectivity index (χ2v) is 6.23. The summed E-state index contributed by atoms with van der Waals surface area (Å²) >= 11 is 5.82. The quantitative estimate of drug-likeness (QED) is 0.828. The Morgan fingerprint density at radius 1 is 1.37 bits per heavy atom. The molecule has 0 amide bonds. The molecule has 1 rings (SSSR count). The second kappa shape index (κ2) is 7.22. The van der Waals surface area contributed by atoms with Crippen molar-refractivity contribution in [2.24, 2.45) is 11.1 Å². The highest BCUT2D eigenvalue weighted by atomic mass is 35.5. The molecule has 0 aromatic heterocycles. The highest BCUT2D eigenvalue weighted by Crippen LogP contribution is 2.20. The minimum absolute atomic E-state index is 0.0823. The molecule has 4 heteroatoms. The zero-order valence-electron chi connectivity index (χ0n) is 12.0. The third-order valence-corrected chi connectivity index (χ3v) is 3.42. The average Bonchev–Trinajstić information content (AvgIpc) is 2.34. The molecule has 1 aromatic rings. The van der Waals surface area contributed by atoms with E-state index in [0.29, 0.717) is 6.54 Å². The molecule has 0 aliphatic rings. The minimum Gasteiger partial charge on any atom is -0.330 e. The number of nitrogens with two attached hydrogens (primary N) is 1. The molecule has 0 spiro atoms. The summed E-state index contributed by atoms with van der Waals surface area (Å²) < 4.78 is 13.1. The molecule has 0 unspecified atom stereocenters. The number of hydrogen-bond donors (Lipinski definition) is 1. The highest BCUT2D eigenvalue weighted by molar-refractivity contribution is 6.30. The van der Waals surface area contributed by atoms with E-state index in [4.69, 9.17) is 17.3 Å². The van der Waals surface area contributed by atoms with Gasteiger partial charge in [-0.3, -0.25) is 4.90 Å². The maximum absolute atomic E-state index is 13.1. The van der Waals surface area contributed by atoms with E-state index in [1.54, 1.807) is 12.1 Å². The van der Waals surface area contributed by atoms with E-state index in [0.717, 1.165) is 31.6 Å². The van der Waals surface area contributed by atoms with Gasteiger partial charge in [-0.2, -0.15) is 0 Å². The zero-order valence-corrected chi connectivity index (χ0v) is 12.8. The molecule has 19 heavy (non-hydrogen) atoms. The Bertz CT molecular complexity index is 407. The Morgan fingerprint density at radius 3 is 2.58 bits per heavy atom. The summed E-state index contributed by atoms with van der Waals surface area (Å²) in [5, 5.41) is 0.187. The highest BCUT2D eigenvalue weighted by Gasteiger charge is 2.20. The van der Waals surface area contributed by atoms with Crippen LogP contribution in [0.3, 0.4) is 0 Å². The van der Waals surface area contributed by atoms with Crippen LogP contribution in [0, 0.1) is 11.2 Å². The van der Waals surface area contributed by atoms with E-state index < -0.39 is 0 Å². The molecule has 1 aromatic carbocycles. The summed E-state index contributed by atoms with van der Waals surface area (Å²) in [5.41, 5.74) is 6.91. The van der Waals surface area contributed by atoms with Crippen LogP contribution >= 0.6 is 11.6 Å². The van der Waals surface area contributed by atoms with Crippen LogP contribution in [0.4, 0.5) is 4.39 Å². The summed E-state index contributed by atoms with van der Waals surface area (Å²) in [5.74, 6) is -0.366. The first-order valence-corrected chi connectivity index (χ1v) is 7.12. The van der Waals surface area contributed by atoms with E-state index in [-0.39, 0.29) is 16.3 Å². The van der Waals surface area contributed by atoms with Crippen LogP contribution in [0.25, 0.3) is 0 Å². The SMILES string of the molecule is CCCN(Cc1ccc(F)c(Cl)c1)CC(C)(C)CN. The molecule has 0 aliphatic carbocycles. The van der Waals surface area contributed by atoms with Gasteiger partial charge in [-0.25, -0.2) is 4.39 Å². The standard InChI is InChI=1S/C15H24ClFN2/c1-4-7-19(11-15(2,3)10-18)9-12-5-6-14(17)13(16)8-12/h5-6,8H,4,7,9-11,18H2,1-3H3. The molecule has 0 saturated carbocycles. The van der Waals surface area contributed by atoms with E-state index in [1.165, 1.54) is 6.07 Å². The van der Waals surface area contributed by atoms with Crippen LogP contribution in [-0.2, 0) is 6.54 Å². The molecule has 2 N–H and O–H groups in total. The molecule has 0 fully saturated rings. The fraction of sp³-hybridized carbons (Fsp3) is 0.600. The molecular formula is C15H24ClFN2. The van der Waals surface area contributed by atoms with Crippen molar-refractivity contribution in [1.82, 2.24) is 4.90 Å². The van der Waals surface area contributed by atoms with Gasteiger partial charge in [0.2, 0.25) is 0 Å². The van der Waals surface area contributed by atoms with Crippen molar-refractivity contribution in [2.45, 2.75) is 33.7 Å². The lowest BCUT2D eigenvalue weighted by Crippen LogP contribution is -2.38. The monoisotopic (exact) mass is 286 g/mol. The normalized spacial score (nSPS) is 12.2. The summed E-state index contributed by atoms with van der Waals surface area (Å²) in [6.07, 6.45) is 1.08. The van der Waals surface area contributed by atoms with E-state index in [1.807, 2.05) is 0 Å². The van der Waals surface area contributed by atoms with Gasteiger partial charge in [0.05, 0.1) is 5.02 Å². The number of halogens is 2. The first-order valence-electron chi connectivity index (χ1n) is 6.74. The number of nitrogens with zero attached hydrogens (tertiary/aromatic N) is 1. The topological polar surface area (TPSA) is 29.3 Å². The van der Waals surface area contributed by atoms with Gasteiger partial charge >= 0.3 is 0 Å². The number of hydrogen-bond acceptors (Lipinski definition) is 2. The molecular weight excluding hydrogens is 263 g/mol. The first-order chi connectivity index (χ1) is 8.88. The summed E-state index contributed by atoms with van der Waals surface area (Å²) in [6, 6.07) is 4.92. The Kier molecular flexibility index (Phi) is 6.24. The lowest BCUT2D eigenvalue weighted by molar-refractivity contribution is 0.176. The average molecular weight is 287 g/mol. The van der Waals surface area contributed by atoms with Crippen LogP contribution in [0.2, 0.25) is 5.02 Å². The van der Waals surface area contributed by atoms with Crippen LogP contribution < -0.4 is 5.73 Å². The third kappa shape index (κ3) is 5.47. The Labute approximate surface area is 120 Å². The predicted molar refractivity (Wildman–Crippen MR) is 79.8 cm³/mol. The van der Waals surface area contributed by atoms with Crippen LogP contribution in [-0.4, -0.2) is 24.5 Å². The smallest absolute Gasteiger partial charge is 0.141 e. The number of benzene rings is 1. The number of rotatable bonds is 7. The molecule has 0 atom stereocenters. The molecule has 0 saturated heterocycles. The van der Waals surface area contributed by atoms with Crippen molar-refractivity contribution in [3.63, 3.8) is 0 Å². The lowest BCUT2D eigenvalue weighted by atomic mass is 9.93. The van der Waals surface area contributed by atoms with Crippen molar-refractivity contribution in [3.8, 4) is 0 Å². The predicted octanol–water partition coefficient (Wildman–Crippen LogP) is 3.68. The minimum atomic E-state index is -0.366. The maximum atomic E-state index is 13.1. The Hall–Kier alpha value is -0.640.